The number of carbonyl (C=O) groups is 1. The van der Waals surface area contributed by atoms with Gasteiger partial charge >= 0.3 is 0 Å². The molecule has 1 aliphatic carbocycles. The van der Waals surface area contributed by atoms with E-state index >= 15 is 0 Å². The molecule has 0 bridgehead atoms. The van der Waals surface area contributed by atoms with Gasteiger partial charge in [0.2, 0.25) is 0 Å². The van der Waals surface area contributed by atoms with Crippen molar-refractivity contribution in [2.75, 3.05) is 6.61 Å². The Balaban J connectivity index is 1.99. The van der Waals surface area contributed by atoms with Crippen LogP contribution in [-0.2, 0) is 0 Å². The van der Waals surface area contributed by atoms with Crippen molar-refractivity contribution >= 4 is 5.91 Å². The van der Waals surface area contributed by atoms with Gasteiger partial charge in [-0.15, -0.1) is 0 Å². The molecule has 1 amide bonds. The lowest BCUT2D eigenvalue weighted by atomic mass is 10.2. The minimum atomic E-state index is -0.134. The molecule has 94 valence electrons. The molecule has 1 fully saturated rings. The van der Waals surface area contributed by atoms with E-state index in [1.807, 2.05) is 6.92 Å². The Hall–Kier alpha value is -1.86. The number of rotatable bonds is 3. The van der Waals surface area contributed by atoms with Crippen molar-refractivity contribution in [3.05, 3.63) is 29.6 Å². The maximum Gasteiger partial charge on any atom is 0.270 e. The first-order valence-electron chi connectivity index (χ1n) is 6.01. The van der Waals surface area contributed by atoms with Gasteiger partial charge in [0.05, 0.1) is 6.61 Å². The first-order chi connectivity index (χ1) is 8.63. The molecule has 1 aromatic heterocycles. The van der Waals surface area contributed by atoms with Crippen LogP contribution in [0.1, 0.15) is 42.2 Å². The summed E-state index contributed by atoms with van der Waals surface area (Å²) in [5, 5.41) is 11.6. The highest BCUT2D eigenvalue weighted by molar-refractivity contribution is 5.93. The van der Waals surface area contributed by atoms with E-state index in [2.05, 4.69) is 22.1 Å². The Labute approximate surface area is 106 Å². The lowest BCUT2D eigenvalue weighted by Gasteiger charge is -2.10. The smallest absolute Gasteiger partial charge is 0.270 e. The Morgan fingerprint density at radius 2 is 2.33 bits per heavy atom. The topological polar surface area (TPSA) is 62.2 Å². The molecule has 18 heavy (non-hydrogen) atoms. The summed E-state index contributed by atoms with van der Waals surface area (Å²) in [7, 11) is 0. The maximum absolute atomic E-state index is 11.8. The van der Waals surface area contributed by atoms with Crippen LogP contribution in [0.4, 0.5) is 0 Å². The Kier molecular flexibility index (Phi) is 3.63. The third-order valence-corrected chi connectivity index (χ3v) is 2.88. The molecular weight excluding hydrogens is 228 g/mol. The summed E-state index contributed by atoms with van der Waals surface area (Å²) in [5.74, 6) is 5.54. The van der Waals surface area contributed by atoms with Gasteiger partial charge in [0, 0.05) is 23.7 Å². The van der Waals surface area contributed by atoms with Crippen LogP contribution in [0.25, 0.3) is 0 Å². The van der Waals surface area contributed by atoms with Gasteiger partial charge in [-0.25, -0.2) is 4.98 Å². The number of pyridine rings is 1. The highest BCUT2D eigenvalue weighted by atomic mass is 16.2. The van der Waals surface area contributed by atoms with Gasteiger partial charge in [0.15, 0.2) is 0 Å². The molecule has 1 heterocycles. The van der Waals surface area contributed by atoms with E-state index < -0.39 is 0 Å². The molecule has 1 aliphatic rings. The van der Waals surface area contributed by atoms with E-state index in [1.54, 1.807) is 18.3 Å². The fraction of sp³-hybridized carbons (Fsp3) is 0.429. The molecule has 0 aliphatic heterocycles. The third kappa shape index (κ3) is 3.31. The molecule has 0 saturated heterocycles. The van der Waals surface area contributed by atoms with Crippen LogP contribution >= 0.6 is 0 Å². The minimum absolute atomic E-state index is 0.0294. The van der Waals surface area contributed by atoms with Gasteiger partial charge < -0.3 is 10.4 Å². The fourth-order valence-corrected chi connectivity index (χ4v) is 1.47. The van der Waals surface area contributed by atoms with Gasteiger partial charge in [0.25, 0.3) is 5.91 Å². The van der Waals surface area contributed by atoms with Crippen molar-refractivity contribution in [3.63, 3.8) is 0 Å². The summed E-state index contributed by atoms with van der Waals surface area (Å²) >= 11 is 0. The van der Waals surface area contributed by atoms with Crippen molar-refractivity contribution in [1.29, 1.82) is 0 Å². The van der Waals surface area contributed by atoms with E-state index in [-0.39, 0.29) is 18.1 Å². The van der Waals surface area contributed by atoms with Crippen LogP contribution < -0.4 is 5.32 Å². The molecule has 4 nitrogen and oxygen atoms in total. The molecule has 1 saturated carbocycles. The molecule has 1 aromatic rings. The minimum Gasteiger partial charge on any atom is -0.395 e. The number of amides is 1. The van der Waals surface area contributed by atoms with Crippen LogP contribution in [-0.4, -0.2) is 28.1 Å². The zero-order valence-electron chi connectivity index (χ0n) is 10.4. The van der Waals surface area contributed by atoms with Crippen LogP contribution in [0.2, 0.25) is 0 Å². The highest BCUT2D eigenvalue weighted by Crippen LogP contribution is 2.34. The predicted molar refractivity (Wildman–Crippen MR) is 67.9 cm³/mol. The standard InChI is InChI=1S/C14H16N2O2/c1-14(7-8-14)16-13(18)12-6-5-11(10-15-12)4-2-3-9-17/h5-6,10,17H,3,7-9H2,1H3,(H,16,18). The second-order valence-electron chi connectivity index (χ2n) is 4.72. The first-order valence-corrected chi connectivity index (χ1v) is 6.01. The zero-order chi connectivity index (χ0) is 13.0. The Morgan fingerprint density at radius 1 is 1.56 bits per heavy atom. The normalized spacial score (nSPS) is 15.4. The summed E-state index contributed by atoms with van der Waals surface area (Å²) < 4.78 is 0. The molecule has 0 spiro atoms. The van der Waals surface area contributed by atoms with Crippen molar-refractivity contribution < 1.29 is 9.90 Å². The van der Waals surface area contributed by atoms with Crippen molar-refractivity contribution in [2.24, 2.45) is 0 Å². The van der Waals surface area contributed by atoms with Gasteiger partial charge in [0.1, 0.15) is 5.69 Å². The van der Waals surface area contributed by atoms with Gasteiger partial charge in [-0.2, -0.15) is 0 Å². The predicted octanol–water partition coefficient (Wildman–Crippen LogP) is 1.10. The Bertz CT molecular complexity index is 493. The van der Waals surface area contributed by atoms with Gasteiger partial charge in [-0.3, -0.25) is 4.79 Å². The maximum atomic E-state index is 11.8. The number of aliphatic hydroxyl groups is 1. The molecule has 0 radical (unpaired) electrons. The first kappa shape index (κ1) is 12.6. The van der Waals surface area contributed by atoms with Crippen LogP contribution in [0.3, 0.4) is 0 Å². The number of nitrogens with one attached hydrogen (secondary N) is 1. The van der Waals surface area contributed by atoms with E-state index in [1.165, 1.54) is 0 Å². The summed E-state index contributed by atoms with van der Waals surface area (Å²) in [4.78, 5) is 15.9. The third-order valence-electron chi connectivity index (χ3n) is 2.88. The second-order valence-corrected chi connectivity index (χ2v) is 4.72. The lowest BCUT2D eigenvalue weighted by Crippen LogP contribution is -2.34. The number of nitrogens with zero attached hydrogens (tertiary/aromatic N) is 1. The van der Waals surface area contributed by atoms with E-state index in [0.717, 1.165) is 18.4 Å². The summed E-state index contributed by atoms with van der Waals surface area (Å²) in [6.45, 7) is 2.08. The fourth-order valence-electron chi connectivity index (χ4n) is 1.47. The van der Waals surface area contributed by atoms with E-state index in [4.69, 9.17) is 5.11 Å². The number of aromatic nitrogens is 1. The summed E-state index contributed by atoms with van der Waals surface area (Å²) in [5.41, 5.74) is 1.13. The second kappa shape index (κ2) is 5.19. The largest absolute Gasteiger partial charge is 0.395 e. The van der Waals surface area contributed by atoms with Gasteiger partial charge in [-0.1, -0.05) is 11.8 Å². The molecule has 0 atom stereocenters. The highest BCUT2D eigenvalue weighted by Gasteiger charge is 2.38. The average molecular weight is 244 g/mol. The summed E-state index contributed by atoms with van der Waals surface area (Å²) in [6, 6.07) is 3.44. The molecular formula is C14H16N2O2. The number of hydrogen-bond donors (Lipinski definition) is 2. The SMILES string of the molecule is CC1(NC(=O)c2ccc(C#CCCO)cn2)CC1. The lowest BCUT2D eigenvalue weighted by molar-refractivity contribution is 0.0930. The summed E-state index contributed by atoms with van der Waals surface area (Å²) in [6.07, 6.45) is 4.09. The van der Waals surface area contributed by atoms with Gasteiger partial charge in [-0.05, 0) is 31.9 Å². The van der Waals surface area contributed by atoms with Crippen LogP contribution in [0.5, 0.6) is 0 Å². The van der Waals surface area contributed by atoms with Crippen molar-refractivity contribution in [2.45, 2.75) is 31.7 Å². The average Bonchev–Trinajstić information content (AvgIpc) is 3.08. The molecule has 2 N–H and O–H groups in total. The van der Waals surface area contributed by atoms with E-state index in [9.17, 15) is 4.79 Å². The Morgan fingerprint density at radius 3 is 2.89 bits per heavy atom. The quantitative estimate of drug-likeness (QED) is 0.783. The zero-order valence-corrected chi connectivity index (χ0v) is 10.4. The molecule has 0 unspecified atom stereocenters. The van der Waals surface area contributed by atoms with Crippen LogP contribution in [0.15, 0.2) is 18.3 Å². The number of aliphatic hydroxyl groups excluding tert-OH is 1. The molecule has 2 rings (SSSR count). The van der Waals surface area contributed by atoms with E-state index in [0.29, 0.717) is 12.1 Å². The van der Waals surface area contributed by atoms with Crippen LogP contribution in [0, 0.1) is 11.8 Å². The van der Waals surface area contributed by atoms with Crippen molar-refractivity contribution in [3.8, 4) is 11.8 Å². The number of carbonyl (C=O) groups excluding carboxylic acids is 1. The number of hydrogen-bond acceptors (Lipinski definition) is 3. The molecule has 4 heteroatoms. The monoisotopic (exact) mass is 244 g/mol. The van der Waals surface area contributed by atoms with Crippen molar-refractivity contribution in [1.82, 2.24) is 10.3 Å². The molecule has 0 aromatic carbocycles.